The van der Waals surface area contributed by atoms with E-state index in [4.69, 9.17) is 4.74 Å². The van der Waals surface area contributed by atoms with Gasteiger partial charge >= 0.3 is 0 Å². The van der Waals surface area contributed by atoms with Crippen molar-refractivity contribution in [2.75, 3.05) is 7.11 Å². The number of hydrogen-bond acceptors (Lipinski definition) is 5. The molecule has 3 aromatic rings. The average Bonchev–Trinajstić information content (AvgIpc) is 3.21. The molecule has 1 amide bonds. The number of thioether (sulfide) groups is 1. The molecule has 0 saturated carbocycles. The van der Waals surface area contributed by atoms with Crippen LogP contribution < -0.4 is 10.1 Å². The Morgan fingerprint density at radius 1 is 1.17 bits per heavy atom. The Kier molecular flexibility index (Phi) is 7.30. The van der Waals surface area contributed by atoms with Crippen molar-refractivity contribution in [3.63, 3.8) is 0 Å². The number of rotatable bonds is 9. The summed E-state index contributed by atoms with van der Waals surface area (Å²) in [6, 6.07) is 17.7. The summed E-state index contributed by atoms with van der Waals surface area (Å²) in [5.74, 6) is 0.699. The van der Waals surface area contributed by atoms with E-state index in [0.29, 0.717) is 5.16 Å². The van der Waals surface area contributed by atoms with Crippen LogP contribution >= 0.6 is 11.8 Å². The lowest BCUT2D eigenvalue weighted by atomic mass is 10.0. The Labute approximate surface area is 175 Å². The van der Waals surface area contributed by atoms with Crippen molar-refractivity contribution >= 4 is 17.7 Å². The fraction of sp³-hybridized carbons (Fsp3) is 0.318. The molecule has 0 fully saturated rings. The molecule has 2 aromatic carbocycles. The Hall–Kier alpha value is -2.80. The van der Waals surface area contributed by atoms with Gasteiger partial charge in [0.15, 0.2) is 5.16 Å². The van der Waals surface area contributed by atoms with Crippen molar-refractivity contribution in [3.05, 3.63) is 66.5 Å². The topological polar surface area (TPSA) is 69.0 Å². The standard InChI is InChI=1S/C22H26N4O2S/c1-4-10-18(17-11-6-5-7-12-17)24-21(27)16(2)29-22-25-23-15-26(22)19-13-8-9-14-20(19)28-3/h5-9,11-16,18H,4,10H2,1-3H3,(H,24,27)/t16-,18-/m1/s1. The van der Waals surface area contributed by atoms with Crippen LogP contribution in [0.4, 0.5) is 0 Å². The van der Waals surface area contributed by atoms with Crippen molar-refractivity contribution in [2.24, 2.45) is 0 Å². The first-order valence-corrected chi connectivity index (χ1v) is 10.6. The minimum atomic E-state index is -0.323. The fourth-order valence-corrected chi connectivity index (χ4v) is 3.94. The number of aromatic nitrogens is 3. The van der Waals surface area contributed by atoms with E-state index in [-0.39, 0.29) is 17.2 Å². The fourth-order valence-electron chi connectivity index (χ4n) is 3.10. The number of benzene rings is 2. The van der Waals surface area contributed by atoms with Crippen LogP contribution in [0.1, 0.15) is 38.3 Å². The van der Waals surface area contributed by atoms with Crippen LogP contribution in [0, 0.1) is 0 Å². The Morgan fingerprint density at radius 3 is 2.62 bits per heavy atom. The summed E-state index contributed by atoms with van der Waals surface area (Å²) in [7, 11) is 1.63. The van der Waals surface area contributed by atoms with E-state index in [1.54, 1.807) is 13.4 Å². The Bertz CT molecular complexity index is 929. The van der Waals surface area contributed by atoms with Crippen LogP contribution in [0.25, 0.3) is 5.69 Å². The zero-order chi connectivity index (χ0) is 20.6. The van der Waals surface area contributed by atoms with E-state index in [2.05, 4.69) is 34.6 Å². The number of amides is 1. The second kappa shape index (κ2) is 10.1. The molecule has 3 rings (SSSR count). The van der Waals surface area contributed by atoms with Crippen LogP contribution in [0.2, 0.25) is 0 Å². The molecular weight excluding hydrogens is 384 g/mol. The second-order valence-corrected chi connectivity index (χ2v) is 7.98. The summed E-state index contributed by atoms with van der Waals surface area (Å²) in [5, 5.41) is 11.7. The average molecular weight is 411 g/mol. The zero-order valence-electron chi connectivity index (χ0n) is 16.9. The van der Waals surface area contributed by atoms with Crippen molar-refractivity contribution in [3.8, 4) is 11.4 Å². The summed E-state index contributed by atoms with van der Waals surface area (Å²) in [5.41, 5.74) is 1.96. The highest BCUT2D eigenvalue weighted by Gasteiger charge is 2.22. The predicted molar refractivity (Wildman–Crippen MR) is 115 cm³/mol. The van der Waals surface area contributed by atoms with E-state index in [0.717, 1.165) is 29.8 Å². The van der Waals surface area contributed by atoms with Gasteiger partial charge in [0, 0.05) is 0 Å². The highest BCUT2D eigenvalue weighted by molar-refractivity contribution is 8.00. The summed E-state index contributed by atoms with van der Waals surface area (Å²) in [6.45, 7) is 4.01. The van der Waals surface area contributed by atoms with Crippen LogP contribution in [-0.2, 0) is 4.79 Å². The molecule has 0 aliphatic heterocycles. The number of hydrogen-bond donors (Lipinski definition) is 1. The highest BCUT2D eigenvalue weighted by atomic mass is 32.2. The third-order valence-corrected chi connectivity index (χ3v) is 5.67. The number of ether oxygens (including phenoxy) is 1. The number of methoxy groups -OCH3 is 1. The summed E-state index contributed by atoms with van der Waals surface area (Å²) >= 11 is 1.38. The minimum absolute atomic E-state index is 0.00355. The first-order valence-electron chi connectivity index (χ1n) is 9.69. The zero-order valence-corrected chi connectivity index (χ0v) is 17.7. The molecule has 7 heteroatoms. The molecule has 0 unspecified atom stereocenters. The number of carbonyl (C=O) groups excluding carboxylic acids is 1. The van der Waals surface area contributed by atoms with Gasteiger partial charge in [0.05, 0.1) is 24.1 Å². The highest BCUT2D eigenvalue weighted by Crippen LogP contribution is 2.29. The second-order valence-electron chi connectivity index (χ2n) is 6.68. The molecule has 1 N–H and O–H groups in total. The molecule has 0 bridgehead atoms. The van der Waals surface area contributed by atoms with Crippen molar-refractivity contribution in [1.29, 1.82) is 0 Å². The summed E-state index contributed by atoms with van der Waals surface area (Å²) in [6.07, 6.45) is 3.52. The van der Waals surface area contributed by atoms with Gasteiger partial charge in [-0.2, -0.15) is 0 Å². The molecule has 29 heavy (non-hydrogen) atoms. The molecule has 0 saturated heterocycles. The van der Waals surface area contributed by atoms with Gasteiger partial charge in [-0.3, -0.25) is 9.36 Å². The molecule has 1 heterocycles. The van der Waals surface area contributed by atoms with E-state index in [9.17, 15) is 4.79 Å². The molecule has 0 radical (unpaired) electrons. The molecular formula is C22H26N4O2S. The quantitative estimate of drug-likeness (QED) is 0.529. The first kappa shape index (κ1) is 20.9. The lowest BCUT2D eigenvalue weighted by molar-refractivity contribution is -0.121. The largest absolute Gasteiger partial charge is 0.495 e. The normalized spacial score (nSPS) is 12.9. The van der Waals surface area contributed by atoms with Gasteiger partial charge in [-0.25, -0.2) is 0 Å². The van der Waals surface area contributed by atoms with Crippen LogP contribution in [0.15, 0.2) is 66.1 Å². The van der Waals surface area contributed by atoms with Crippen molar-refractivity contribution in [1.82, 2.24) is 20.1 Å². The van der Waals surface area contributed by atoms with Crippen LogP contribution in [0.5, 0.6) is 5.75 Å². The van der Waals surface area contributed by atoms with Crippen LogP contribution in [0.3, 0.4) is 0 Å². The Morgan fingerprint density at radius 2 is 1.90 bits per heavy atom. The molecule has 152 valence electrons. The van der Waals surface area contributed by atoms with E-state index < -0.39 is 0 Å². The maximum Gasteiger partial charge on any atom is 0.233 e. The lowest BCUT2D eigenvalue weighted by Gasteiger charge is -2.21. The van der Waals surface area contributed by atoms with Crippen LogP contribution in [-0.4, -0.2) is 33.0 Å². The van der Waals surface area contributed by atoms with Gasteiger partial charge in [0.1, 0.15) is 12.1 Å². The third-order valence-electron chi connectivity index (χ3n) is 4.61. The van der Waals surface area contributed by atoms with Gasteiger partial charge in [-0.05, 0) is 31.0 Å². The van der Waals surface area contributed by atoms with Gasteiger partial charge < -0.3 is 10.1 Å². The predicted octanol–water partition coefficient (Wildman–Crippen LogP) is 4.41. The SMILES string of the molecule is CCC[C@@H](NC(=O)[C@@H](C)Sc1nncn1-c1ccccc1OC)c1ccccc1. The number of para-hydroxylation sites is 2. The summed E-state index contributed by atoms with van der Waals surface area (Å²) in [4.78, 5) is 12.9. The van der Waals surface area contributed by atoms with Crippen molar-refractivity contribution < 1.29 is 9.53 Å². The van der Waals surface area contributed by atoms with Gasteiger partial charge in [0.2, 0.25) is 5.91 Å². The molecule has 0 spiro atoms. The van der Waals surface area contributed by atoms with Crippen molar-refractivity contribution in [2.45, 2.75) is 43.1 Å². The number of carbonyl (C=O) groups is 1. The molecule has 2 atom stereocenters. The minimum Gasteiger partial charge on any atom is -0.495 e. The number of nitrogens with zero attached hydrogens (tertiary/aromatic N) is 3. The molecule has 0 aliphatic carbocycles. The third kappa shape index (κ3) is 5.17. The first-order chi connectivity index (χ1) is 14.1. The smallest absolute Gasteiger partial charge is 0.233 e. The molecule has 1 aromatic heterocycles. The van der Waals surface area contributed by atoms with Gasteiger partial charge in [0.25, 0.3) is 0 Å². The lowest BCUT2D eigenvalue weighted by Crippen LogP contribution is -2.34. The van der Waals surface area contributed by atoms with E-state index in [1.165, 1.54) is 11.8 Å². The maximum absolute atomic E-state index is 12.9. The van der Waals surface area contributed by atoms with E-state index >= 15 is 0 Å². The van der Waals surface area contributed by atoms with E-state index in [1.807, 2.05) is 54.0 Å². The van der Waals surface area contributed by atoms with Gasteiger partial charge in [-0.1, -0.05) is 67.6 Å². The maximum atomic E-state index is 12.9. The summed E-state index contributed by atoms with van der Waals surface area (Å²) < 4.78 is 7.28. The molecule has 0 aliphatic rings. The van der Waals surface area contributed by atoms with Gasteiger partial charge in [-0.15, -0.1) is 10.2 Å². The number of nitrogens with one attached hydrogen (secondary N) is 1. The Balaban J connectivity index is 1.73. The molecule has 6 nitrogen and oxygen atoms in total. The monoisotopic (exact) mass is 410 g/mol.